The highest BCUT2D eigenvalue weighted by Crippen LogP contribution is 2.43. The number of carbonyl (C=O) groups is 2. The van der Waals surface area contributed by atoms with E-state index in [1.807, 2.05) is 0 Å². The van der Waals surface area contributed by atoms with Crippen molar-refractivity contribution in [1.82, 2.24) is 5.01 Å². The van der Waals surface area contributed by atoms with Crippen LogP contribution >= 0.6 is 0 Å². The maximum absolute atomic E-state index is 13.4. The topological polar surface area (TPSA) is 79.2 Å². The molecule has 1 saturated carbocycles. The van der Waals surface area contributed by atoms with Gasteiger partial charge in [0.2, 0.25) is 0 Å². The Hall–Kier alpha value is -1.64. The molecule has 1 fully saturated rings. The van der Waals surface area contributed by atoms with Crippen molar-refractivity contribution in [2.75, 3.05) is 0 Å². The van der Waals surface area contributed by atoms with E-state index < -0.39 is 35.8 Å². The Morgan fingerprint density at radius 2 is 1.76 bits per heavy atom. The lowest BCUT2D eigenvalue weighted by Crippen LogP contribution is -2.58. The normalized spacial score (nSPS) is 25.7. The van der Waals surface area contributed by atoms with Gasteiger partial charge in [-0.05, 0) is 39.5 Å². The molecule has 1 heterocycles. The number of ether oxygens (including phenoxy) is 1. The average molecular weight is 364 g/mol. The first-order valence-electron chi connectivity index (χ1n) is 8.29. The van der Waals surface area contributed by atoms with Gasteiger partial charge >= 0.3 is 18.1 Å². The van der Waals surface area contributed by atoms with Crippen LogP contribution in [0.2, 0.25) is 0 Å². The van der Waals surface area contributed by atoms with E-state index in [0.717, 1.165) is 19.3 Å². The Balaban J connectivity index is 2.30. The van der Waals surface area contributed by atoms with Gasteiger partial charge in [0, 0.05) is 12.1 Å². The number of esters is 1. The van der Waals surface area contributed by atoms with Gasteiger partial charge in [0.1, 0.15) is 5.60 Å². The molecule has 9 heteroatoms. The first-order chi connectivity index (χ1) is 11.3. The van der Waals surface area contributed by atoms with E-state index in [0.29, 0.717) is 12.8 Å². The van der Waals surface area contributed by atoms with Crippen molar-refractivity contribution >= 4 is 17.6 Å². The molecule has 142 valence electrons. The fourth-order valence-electron chi connectivity index (χ4n) is 3.08. The van der Waals surface area contributed by atoms with Crippen molar-refractivity contribution in [2.24, 2.45) is 11.0 Å². The number of alkyl halides is 3. The highest BCUT2D eigenvalue weighted by molar-refractivity contribution is 6.33. The first-order valence-corrected chi connectivity index (χ1v) is 8.29. The lowest BCUT2D eigenvalue weighted by atomic mass is 9.83. The molecule has 0 aromatic carbocycles. The highest BCUT2D eigenvalue weighted by Gasteiger charge is 2.64. The molecule has 2 rings (SSSR count). The third-order valence-corrected chi connectivity index (χ3v) is 4.30. The number of hydrazone groups is 1. The SMILES string of the molecule is CC(C)(C)OC(=O)C(=O)N1N=C(C2CCCCC2)C[C@@]1(O)C(F)(F)F. The van der Waals surface area contributed by atoms with Gasteiger partial charge in [0.15, 0.2) is 0 Å². The first kappa shape index (κ1) is 19.7. The van der Waals surface area contributed by atoms with E-state index in [2.05, 4.69) is 5.10 Å². The standard InChI is InChI=1S/C16H23F3N2O4/c1-14(2,3)25-13(23)12(22)21-15(24,16(17,18)19)9-11(20-21)10-7-5-4-6-8-10/h10,24H,4-9H2,1-3H3/t15-/m1/s1. The second kappa shape index (κ2) is 6.59. The Bertz CT molecular complexity index is 577. The van der Waals surface area contributed by atoms with Gasteiger partial charge in [0.05, 0.1) is 0 Å². The lowest BCUT2D eigenvalue weighted by molar-refractivity contribution is -0.302. The van der Waals surface area contributed by atoms with Gasteiger partial charge < -0.3 is 9.84 Å². The molecular formula is C16H23F3N2O4. The quantitative estimate of drug-likeness (QED) is 0.573. The summed E-state index contributed by atoms with van der Waals surface area (Å²) in [6.07, 6.45) is -1.97. The van der Waals surface area contributed by atoms with Crippen LogP contribution in [-0.2, 0) is 14.3 Å². The number of halogens is 3. The summed E-state index contributed by atoms with van der Waals surface area (Å²) in [6, 6.07) is 0. The van der Waals surface area contributed by atoms with Gasteiger partial charge in [-0.1, -0.05) is 19.3 Å². The molecule has 2 aliphatic rings. The summed E-state index contributed by atoms with van der Waals surface area (Å²) in [7, 11) is 0. The molecule has 25 heavy (non-hydrogen) atoms. The van der Waals surface area contributed by atoms with Gasteiger partial charge in [-0.15, -0.1) is 0 Å². The van der Waals surface area contributed by atoms with Gasteiger partial charge in [0.25, 0.3) is 5.72 Å². The van der Waals surface area contributed by atoms with Crippen molar-refractivity contribution in [3.05, 3.63) is 0 Å². The Morgan fingerprint density at radius 1 is 1.20 bits per heavy atom. The van der Waals surface area contributed by atoms with Crippen LogP contribution in [-0.4, -0.2) is 45.2 Å². The third-order valence-electron chi connectivity index (χ3n) is 4.30. The van der Waals surface area contributed by atoms with Crippen LogP contribution in [0.15, 0.2) is 5.10 Å². The molecule has 1 aliphatic heterocycles. The summed E-state index contributed by atoms with van der Waals surface area (Å²) in [5.74, 6) is -3.33. The minimum atomic E-state index is -5.15. The molecule has 0 radical (unpaired) electrons. The van der Waals surface area contributed by atoms with Crippen LogP contribution in [0.1, 0.15) is 59.3 Å². The number of hydrogen-bond acceptors (Lipinski definition) is 5. The molecule has 6 nitrogen and oxygen atoms in total. The van der Waals surface area contributed by atoms with Crippen molar-refractivity contribution in [3.8, 4) is 0 Å². The van der Waals surface area contributed by atoms with Crippen LogP contribution < -0.4 is 0 Å². The second-order valence-electron chi connectivity index (χ2n) is 7.54. The molecule has 0 aromatic heterocycles. The number of carbonyl (C=O) groups excluding carboxylic acids is 2. The Kier molecular flexibility index (Phi) is 5.18. The largest absolute Gasteiger partial charge is 0.453 e. The predicted molar refractivity (Wildman–Crippen MR) is 82.3 cm³/mol. The lowest BCUT2D eigenvalue weighted by Gasteiger charge is -2.32. The zero-order chi connectivity index (χ0) is 19.0. The van der Waals surface area contributed by atoms with E-state index in [1.54, 1.807) is 0 Å². The van der Waals surface area contributed by atoms with Crippen LogP contribution in [0.3, 0.4) is 0 Å². The van der Waals surface area contributed by atoms with Crippen molar-refractivity contribution in [1.29, 1.82) is 0 Å². The monoisotopic (exact) mass is 364 g/mol. The van der Waals surface area contributed by atoms with E-state index in [-0.39, 0.29) is 16.6 Å². The van der Waals surface area contributed by atoms with E-state index in [9.17, 15) is 27.9 Å². The summed E-state index contributed by atoms with van der Waals surface area (Å²) in [5, 5.41) is 13.7. The molecule has 0 aromatic rings. The van der Waals surface area contributed by atoms with E-state index in [4.69, 9.17) is 4.74 Å². The van der Waals surface area contributed by atoms with Crippen molar-refractivity contribution < 1.29 is 32.6 Å². The predicted octanol–water partition coefficient (Wildman–Crippen LogP) is 2.75. The molecule has 0 bridgehead atoms. The Morgan fingerprint density at radius 3 is 2.24 bits per heavy atom. The summed E-state index contributed by atoms with van der Waals surface area (Å²) in [5.41, 5.74) is -4.47. The summed E-state index contributed by atoms with van der Waals surface area (Å²) >= 11 is 0. The van der Waals surface area contributed by atoms with Crippen LogP contribution in [0.4, 0.5) is 13.2 Å². The fraction of sp³-hybridized carbons (Fsp3) is 0.812. The minimum absolute atomic E-state index is 0.108. The maximum Gasteiger partial charge on any atom is 0.438 e. The Labute approximate surface area is 144 Å². The highest BCUT2D eigenvalue weighted by atomic mass is 19.4. The average Bonchev–Trinajstić information content (AvgIpc) is 2.84. The van der Waals surface area contributed by atoms with E-state index in [1.165, 1.54) is 20.8 Å². The summed E-state index contributed by atoms with van der Waals surface area (Å²) in [4.78, 5) is 24.1. The van der Waals surface area contributed by atoms with Crippen molar-refractivity contribution in [2.45, 2.75) is 76.8 Å². The smallest absolute Gasteiger partial charge is 0.438 e. The third kappa shape index (κ3) is 4.13. The molecule has 0 spiro atoms. The van der Waals surface area contributed by atoms with Crippen LogP contribution in [0.25, 0.3) is 0 Å². The van der Waals surface area contributed by atoms with Crippen LogP contribution in [0, 0.1) is 5.92 Å². The minimum Gasteiger partial charge on any atom is -0.453 e. The number of aliphatic hydroxyl groups is 1. The van der Waals surface area contributed by atoms with Crippen LogP contribution in [0.5, 0.6) is 0 Å². The molecule has 0 saturated heterocycles. The molecule has 0 unspecified atom stereocenters. The van der Waals surface area contributed by atoms with Gasteiger partial charge in [-0.25, -0.2) is 4.79 Å². The molecule has 1 aliphatic carbocycles. The molecular weight excluding hydrogens is 341 g/mol. The fourth-order valence-corrected chi connectivity index (χ4v) is 3.08. The van der Waals surface area contributed by atoms with E-state index >= 15 is 0 Å². The number of nitrogens with zero attached hydrogens (tertiary/aromatic N) is 2. The van der Waals surface area contributed by atoms with Crippen molar-refractivity contribution in [3.63, 3.8) is 0 Å². The number of rotatable bonds is 1. The van der Waals surface area contributed by atoms with Gasteiger partial charge in [-0.2, -0.15) is 23.3 Å². The molecule has 1 N–H and O–H groups in total. The van der Waals surface area contributed by atoms with Gasteiger partial charge in [-0.3, -0.25) is 4.79 Å². The molecule has 1 atom stereocenters. The number of amides is 1. The zero-order valence-corrected chi connectivity index (χ0v) is 14.5. The second-order valence-corrected chi connectivity index (χ2v) is 7.54. The maximum atomic E-state index is 13.4. The number of hydrogen-bond donors (Lipinski definition) is 1. The zero-order valence-electron chi connectivity index (χ0n) is 14.5. The summed E-state index contributed by atoms with van der Waals surface area (Å²) < 4.78 is 45.1. The molecule has 1 amide bonds. The summed E-state index contributed by atoms with van der Waals surface area (Å²) in [6.45, 7) is 4.44.